The molecule has 0 aliphatic rings. The van der Waals surface area contributed by atoms with Crippen LogP contribution < -0.4 is 15.9 Å². The number of esters is 1. The molecule has 0 atom stereocenters. The van der Waals surface area contributed by atoms with Crippen LogP contribution >= 0.6 is 7.60 Å². The molecule has 0 fully saturated rings. The van der Waals surface area contributed by atoms with Crippen LogP contribution in [0.2, 0.25) is 0 Å². The van der Waals surface area contributed by atoms with Gasteiger partial charge in [0, 0.05) is 11.3 Å². The number of anilines is 1. The lowest BCUT2D eigenvalue weighted by molar-refractivity contribution is -0.138. The van der Waals surface area contributed by atoms with E-state index in [4.69, 9.17) is 14.5 Å². The number of ether oxygens (including phenoxy) is 1. The van der Waals surface area contributed by atoms with E-state index >= 15 is 0 Å². The van der Waals surface area contributed by atoms with Crippen molar-refractivity contribution >= 4 is 30.6 Å². The number of amides is 2. The van der Waals surface area contributed by atoms with E-state index in [1.54, 1.807) is 0 Å². The standard InChI is InChI=1S/C13H17N2O6P/c1-9(2)12(16)21-8-7-14-13(17)15-10-3-5-11(6-4-10)22(18,19)20/h3-6H,1,7-8H2,2H3,(H2,14,15,17)(H2,18,19,20). The van der Waals surface area contributed by atoms with E-state index in [0.717, 1.165) is 0 Å². The van der Waals surface area contributed by atoms with E-state index < -0.39 is 19.6 Å². The second-order valence-electron chi connectivity index (χ2n) is 4.39. The molecule has 0 unspecified atom stereocenters. The third-order valence-corrected chi connectivity index (χ3v) is 3.40. The van der Waals surface area contributed by atoms with E-state index in [1.807, 2.05) is 0 Å². The minimum Gasteiger partial charge on any atom is -0.460 e. The number of urea groups is 1. The highest BCUT2D eigenvalue weighted by Gasteiger charge is 2.16. The molecule has 0 saturated carbocycles. The average molecular weight is 328 g/mol. The number of benzene rings is 1. The maximum absolute atomic E-state index is 11.5. The summed E-state index contributed by atoms with van der Waals surface area (Å²) in [6, 6.07) is 4.66. The van der Waals surface area contributed by atoms with Gasteiger partial charge < -0.3 is 25.2 Å². The van der Waals surface area contributed by atoms with Crippen LogP contribution in [-0.2, 0) is 14.1 Å². The summed E-state index contributed by atoms with van der Waals surface area (Å²) >= 11 is 0. The highest BCUT2D eigenvalue weighted by atomic mass is 31.2. The zero-order chi connectivity index (χ0) is 16.8. The van der Waals surface area contributed by atoms with Gasteiger partial charge in [0.2, 0.25) is 0 Å². The molecule has 0 saturated heterocycles. The monoisotopic (exact) mass is 328 g/mol. The lowest BCUT2D eigenvalue weighted by atomic mass is 10.3. The van der Waals surface area contributed by atoms with Crippen LogP contribution in [0.5, 0.6) is 0 Å². The Balaban J connectivity index is 2.38. The van der Waals surface area contributed by atoms with Crippen molar-refractivity contribution in [1.29, 1.82) is 0 Å². The normalized spacial score (nSPS) is 10.7. The van der Waals surface area contributed by atoms with Crippen LogP contribution in [0, 0.1) is 0 Å². The Hall–Kier alpha value is -2.15. The van der Waals surface area contributed by atoms with Gasteiger partial charge in [-0.3, -0.25) is 4.57 Å². The Morgan fingerprint density at radius 1 is 1.27 bits per heavy atom. The molecular formula is C13H17N2O6P. The van der Waals surface area contributed by atoms with Crippen LogP contribution in [0.4, 0.5) is 10.5 Å². The third-order valence-electron chi connectivity index (χ3n) is 2.43. The van der Waals surface area contributed by atoms with Crippen LogP contribution in [0.1, 0.15) is 6.92 Å². The van der Waals surface area contributed by atoms with E-state index in [-0.39, 0.29) is 24.0 Å². The fraction of sp³-hybridized carbons (Fsp3) is 0.231. The molecule has 22 heavy (non-hydrogen) atoms. The van der Waals surface area contributed by atoms with Crippen LogP contribution in [0.25, 0.3) is 0 Å². The molecule has 0 aromatic heterocycles. The van der Waals surface area contributed by atoms with E-state index in [9.17, 15) is 14.2 Å². The Morgan fingerprint density at radius 3 is 2.36 bits per heavy atom. The molecule has 1 rings (SSSR count). The minimum atomic E-state index is -4.30. The number of nitrogens with one attached hydrogen (secondary N) is 2. The summed E-state index contributed by atoms with van der Waals surface area (Å²) in [7, 11) is -4.30. The SMILES string of the molecule is C=C(C)C(=O)OCCNC(=O)Nc1ccc(P(=O)(O)O)cc1. The predicted octanol–water partition coefficient (Wildman–Crippen LogP) is 0.730. The summed E-state index contributed by atoms with van der Waals surface area (Å²) < 4.78 is 15.8. The smallest absolute Gasteiger partial charge is 0.356 e. The largest absolute Gasteiger partial charge is 0.460 e. The molecule has 0 heterocycles. The number of carbonyl (C=O) groups is 2. The van der Waals surface area contributed by atoms with Gasteiger partial charge in [0.1, 0.15) is 6.61 Å². The fourth-order valence-electron chi connectivity index (χ4n) is 1.35. The minimum absolute atomic E-state index is 0.0102. The average Bonchev–Trinajstić information content (AvgIpc) is 2.42. The van der Waals surface area contributed by atoms with Crippen molar-refractivity contribution < 1.29 is 28.7 Å². The third kappa shape index (κ3) is 6.09. The molecule has 0 aliphatic carbocycles. The summed E-state index contributed by atoms with van der Waals surface area (Å²) in [5.74, 6) is -0.532. The number of hydrogen-bond donors (Lipinski definition) is 4. The van der Waals surface area contributed by atoms with Crippen LogP contribution in [0.3, 0.4) is 0 Å². The van der Waals surface area contributed by atoms with E-state index in [1.165, 1.54) is 31.2 Å². The maximum Gasteiger partial charge on any atom is 0.356 e. The van der Waals surface area contributed by atoms with Gasteiger partial charge in [-0.05, 0) is 31.2 Å². The van der Waals surface area contributed by atoms with Gasteiger partial charge in [0.15, 0.2) is 0 Å². The number of rotatable bonds is 6. The van der Waals surface area contributed by atoms with Gasteiger partial charge in [0.25, 0.3) is 0 Å². The Labute approximate surface area is 127 Å². The molecule has 0 spiro atoms. The summed E-state index contributed by atoms with van der Waals surface area (Å²) in [5.41, 5.74) is 0.642. The fourth-order valence-corrected chi connectivity index (χ4v) is 1.88. The van der Waals surface area contributed by atoms with Crippen molar-refractivity contribution in [1.82, 2.24) is 5.32 Å². The molecule has 1 aromatic carbocycles. The molecule has 9 heteroatoms. The highest BCUT2D eigenvalue weighted by molar-refractivity contribution is 7.60. The van der Waals surface area contributed by atoms with Crippen molar-refractivity contribution in [3.05, 3.63) is 36.4 Å². The first-order valence-electron chi connectivity index (χ1n) is 6.24. The highest BCUT2D eigenvalue weighted by Crippen LogP contribution is 2.33. The molecule has 120 valence electrons. The van der Waals surface area contributed by atoms with Gasteiger partial charge >= 0.3 is 19.6 Å². The summed E-state index contributed by atoms with van der Waals surface area (Å²) in [6.45, 7) is 5.06. The van der Waals surface area contributed by atoms with Crippen molar-refractivity contribution in [3.8, 4) is 0 Å². The van der Waals surface area contributed by atoms with Gasteiger partial charge in [-0.25, -0.2) is 9.59 Å². The Kier molecular flexibility index (Phi) is 6.30. The first kappa shape index (κ1) is 17.9. The van der Waals surface area contributed by atoms with Crippen LogP contribution in [0.15, 0.2) is 36.4 Å². The lowest BCUT2D eigenvalue weighted by Gasteiger charge is -2.09. The van der Waals surface area contributed by atoms with Crippen molar-refractivity contribution in [2.24, 2.45) is 0 Å². The zero-order valence-corrected chi connectivity index (χ0v) is 12.8. The molecule has 0 radical (unpaired) electrons. The molecule has 2 amide bonds. The Bertz CT molecular complexity index is 607. The number of hydrogen-bond acceptors (Lipinski definition) is 4. The van der Waals surface area contributed by atoms with Crippen molar-refractivity contribution in [2.75, 3.05) is 18.5 Å². The van der Waals surface area contributed by atoms with E-state index in [0.29, 0.717) is 5.69 Å². The molecule has 8 nitrogen and oxygen atoms in total. The number of carbonyl (C=O) groups excluding carboxylic acids is 2. The second kappa shape index (κ2) is 7.74. The van der Waals surface area contributed by atoms with Gasteiger partial charge in [0.05, 0.1) is 11.8 Å². The van der Waals surface area contributed by atoms with Crippen molar-refractivity contribution in [3.63, 3.8) is 0 Å². The summed E-state index contributed by atoms with van der Waals surface area (Å²) in [4.78, 5) is 40.5. The predicted molar refractivity (Wildman–Crippen MR) is 80.9 cm³/mol. The molecule has 4 N–H and O–H groups in total. The van der Waals surface area contributed by atoms with E-state index in [2.05, 4.69) is 17.2 Å². The first-order chi connectivity index (χ1) is 10.2. The molecule has 0 bridgehead atoms. The van der Waals surface area contributed by atoms with Crippen molar-refractivity contribution in [2.45, 2.75) is 6.92 Å². The first-order valence-corrected chi connectivity index (χ1v) is 7.85. The summed E-state index contributed by atoms with van der Waals surface area (Å²) in [5, 5.41) is 4.80. The van der Waals surface area contributed by atoms with Gasteiger partial charge in [-0.15, -0.1) is 0 Å². The van der Waals surface area contributed by atoms with Gasteiger partial charge in [-0.1, -0.05) is 6.58 Å². The topological polar surface area (TPSA) is 125 Å². The second-order valence-corrected chi connectivity index (χ2v) is 5.99. The molecule has 1 aromatic rings. The Morgan fingerprint density at radius 2 is 1.86 bits per heavy atom. The van der Waals surface area contributed by atoms with Crippen LogP contribution in [-0.4, -0.2) is 34.9 Å². The maximum atomic E-state index is 11.5. The van der Waals surface area contributed by atoms with Gasteiger partial charge in [-0.2, -0.15) is 0 Å². The molecular weight excluding hydrogens is 311 g/mol. The lowest BCUT2D eigenvalue weighted by Crippen LogP contribution is -2.32. The quantitative estimate of drug-likeness (QED) is 0.264. The zero-order valence-electron chi connectivity index (χ0n) is 11.9. The summed E-state index contributed by atoms with van der Waals surface area (Å²) in [6.07, 6.45) is 0. The molecule has 0 aliphatic heterocycles.